The molecule has 0 N–H and O–H groups in total. The molecule has 0 saturated carbocycles. The van der Waals surface area contributed by atoms with Crippen LogP contribution in [0.3, 0.4) is 0 Å². The molecule has 2 heteroatoms. The molecule has 0 fully saturated rings. The van der Waals surface area contributed by atoms with Crippen LogP contribution >= 0.6 is 0 Å². The molecule has 0 unspecified atom stereocenters. The SMILES string of the molecule is CC(C)c1ccc(C2=CC(=Cc3cccc4ccccc34)C(=O)O2)cc1. The zero-order valence-corrected chi connectivity index (χ0v) is 14.9. The molecule has 4 rings (SSSR count). The summed E-state index contributed by atoms with van der Waals surface area (Å²) in [6.07, 6.45) is 3.73. The fourth-order valence-corrected chi connectivity index (χ4v) is 3.21. The van der Waals surface area contributed by atoms with Crippen molar-refractivity contribution < 1.29 is 9.53 Å². The Bertz CT molecular complexity index is 1030. The largest absolute Gasteiger partial charge is 0.422 e. The molecule has 0 radical (unpaired) electrons. The molecule has 128 valence electrons. The summed E-state index contributed by atoms with van der Waals surface area (Å²) in [5.74, 6) is 0.781. The molecule has 0 aromatic heterocycles. The van der Waals surface area contributed by atoms with Gasteiger partial charge in [0.05, 0.1) is 5.57 Å². The van der Waals surface area contributed by atoms with Crippen LogP contribution in [0.15, 0.2) is 78.4 Å². The van der Waals surface area contributed by atoms with Crippen LogP contribution in [0, 0.1) is 0 Å². The van der Waals surface area contributed by atoms with Crippen LogP contribution in [-0.2, 0) is 9.53 Å². The second-order valence-electron chi connectivity index (χ2n) is 6.84. The Balaban J connectivity index is 1.70. The summed E-state index contributed by atoms with van der Waals surface area (Å²) < 4.78 is 5.50. The Morgan fingerprint density at radius 1 is 0.885 bits per heavy atom. The molecule has 2 nitrogen and oxygen atoms in total. The van der Waals surface area contributed by atoms with Crippen LogP contribution in [0.5, 0.6) is 0 Å². The van der Waals surface area contributed by atoms with E-state index in [9.17, 15) is 4.79 Å². The highest BCUT2D eigenvalue weighted by Crippen LogP contribution is 2.30. The molecule has 0 atom stereocenters. The van der Waals surface area contributed by atoms with Crippen molar-refractivity contribution in [1.29, 1.82) is 0 Å². The number of esters is 1. The summed E-state index contributed by atoms with van der Waals surface area (Å²) in [7, 11) is 0. The smallest absolute Gasteiger partial charge is 0.343 e. The summed E-state index contributed by atoms with van der Waals surface area (Å²) in [5.41, 5.74) is 3.78. The summed E-state index contributed by atoms with van der Waals surface area (Å²) >= 11 is 0. The highest BCUT2D eigenvalue weighted by molar-refractivity contribution is 6.06. The zero-order valence-electron chi connectivity index (χ0n) is 14.9. The van der Waals surface area contributed by atoms with Gasteiger partial charge in [-0.25, -0.2) is 4.79 Å². The number of rotatable bonds is 3. The third kappa shape index (κ3) is 3.06. The van der Waals surface area contributed by atoms with E-state index in [-0.39, 0.29) is 5.97 Å². The van der Waals surface area contributed by atoms with Crippen LogP contribution in [0.1, 0.15) is 36.5 Å². The van der Waals surface area contributed by atoms with Gasteiger partial charge in [-0.3, -0.25) is 0 Å². The molecule has 0 amide bonds. The molecule has 1 heterocycles. The number of hydrogen-bond donors (Lipinski definition) is 0. The third-order valence-electron chi connectivity index (χ3n) is 4.72. The maximum Gasteiger partial charge on any atom is 0.343 e. The van der Waals surface area contributed by atoms with Gasteiger partial charge < -0.3 is 4.74 Å². The van der Waals surface area contributed by atoms with E-state index in [1.165, 1.54) is 5.56 Å². The summed E-state index contributed by atoms with van der Waals surface area (Å²) in [6, 6.07) is 22.4. The van der Waals surface area contributed by atoms with Crippen LogP contribution in [0.4, 0.5) is 0 Å². The maximum atomic E-state index is 12.3. The fraction of sp³-hybridized carbons (Fsp3) is 0.125. The minimum absolute atomic E-state index is 0.305. The van der Waals surface area contributed by atoms with Gasteiger partial charge in [-0.05, 0) is 40.0 Å². The quantitative estimate of drug-likeness (QED) is 0.435. The van der Waals surface area contributed by atoms with E-state index >= 15 is 0 Å². The lowest BCUT2D eigenvalue weighted by Crippen LogP contribution is -1.97. The number of carbonyl (C=O) groups is 1. The van der Waals surface area contributed by atoms with Crippen LogP contribution < -0.4 is 0 Å². The van der Waals surface area contributed by atoms with Crippen LogP contribution in [-0.4, -0.2) is 5.97 Å². The van der Waals surface area contributed by atoms with Crippen molar-refractivity contribution in [2.24, 2.45) is 0 Å². The van der Waals surface area contributed by atoms with Gasteiger partial charge >= 0.3 is 5.97 Å². The lowest BCUT2D eigenvalue weighted by molar-refractivity contribution is -0.130. The first-order chi connectivity index (χ1) is 12.6. The Morgan fingerprint density at radius 2 is 1.62 bits per heavy atom. The Kier molecular flexibility index (Phi) is 4.18. The molecule has 26 heavy (non-hydrogen) atoms. The first kappa shape index (κ1) is 16.3. The second kappa shape index (κ2) is 6.64. The standard InChI is InChI=1S/C24H20O2/c1-16(2)17-10-12-19(13-11-17)23-15-21(24(25)26-23)14-20-8-5-7-18-6-3-4-9-22(18)20/h3-16H,1-2H3. The normalized spacial score (nSPS) is 15.6. The van der Waals surface area contributed by atoms with Crippen molar-refractivity contribution in [2.75, 3.05) is 0 Å². The van der Waals surface area contributed by atoms with Gasteiger partial charge in [0, 0.05) is 5.56 Å². The van der Waals surface area contributed by atoms with E-state index < -0.39 is 0 Å². The molecule has 0 aliphatic carbocycles. The zero-order chi connectivity index (χ0) is 18.1. The molecular formula is C24H20O2. The first-order valence-corrected chi connectivity index (χ1v) is 8.85. The fourth-order valence-electron chi connectivity index (χ4n) is 3.21. The van der Waals surface area contributed by atoms with E-state index in [4.69, 9.17) is 4.74 Å². The summed E-state index contributed by atoms with van der Waals surface area (Å²) in [5, 5.41) is 2.28. The van der Waals surface area contributed by atoms with Crippen molar-refractivity contribution in [2.45, 2.75) is 19.8 Å². The van der Waals surface area contributed by atoms with Crippen molar-refractivity contribution in [3.63, 3.8) is 0 Å². The van der Waals surface area contributed by atoms with Crippen LogP contribution in [0.25, 0.3) is 22.6 Å². The van der Waals surface area contributed by atoms with Gasteiger partial charge in [-0.1, -0.05) is 80.6 Å². The molecule has 0 spiro atoms. The van der Waals surface area contributed by atoms with Crippen molar-refractivity contribution in [3.8, 4) is 0 Å². The lowest BCUT2D eigenvalue weighted by Gasteiger charge is -2.06. The second-order valence-corrected chi connectivity index (χ2v) is 6.84. The average molecular weight is 340 g/mol. The van der Waals surface area contributed by atoms with E-state index in [2.05, 4.69) is 44.2 Å². The monoisotopic (exact) mass is 340 g/mol. The number of cyclic esters (lactones) is 1. The Morgan fingerprint density at radius 3 is 2.38 bits per heavy atom. The highest BCUT2D eigenvalue weighted by atomic mass is 16.5. The molecule has 0 bridgehead atoms. The maximum absolute atomic E-state index is 12.3. The predicted octanol–water partition coefficient (Wildman–Crippen LogP) is 5.94. The van der Waals surface area contributed by atoms with Gasteiger partial charge in [0.2, 0.25) is 0 Å². The lowest BCUT2D eigenvalue weighted by atomic mass is 10.0. The van der Waals surface area contributed by atoms with Gasteiger partial charge in [0.25, 0.3) is 0 Å². The highest BCUT2D eigenvalue weighted by Gasteiger charge is 2.22. The number of benzene rings is 3. The van der Waals surface area contributed by atoms with Crippen molar-refractivity contribution in [1.82, 2.24) is 0 Å². The Labute approximate surface area is 153 Å². The minimum Gasteiger partial charge on any atom is -0.422 e. The molecular weight excluding hydrogens is 320 g/mol. The van der Waals surface area contributed by atoms with E-state index in [0.29, 0.717) is 17.3 Å². The molecule has 3 aromatic carbocycles. The molecule has 1 aliphatic heterocycles. The molecule has 3 aromatic rings. The summed E-state index contributed by atoms with van der Waals surface area (Å²) in [4.78, 5) is 12.3. The molecule has 0 saturated heterocycles. The van der Waals surface area contributed by atoms with E-state index in [1.54, 1.807) is 0 Å². The van der Waals surface area contributed by atoms with Crippen LogP contribution in [0.2, 0.25) is 0 Å². The summed E-state index contributed by atoms with van der Waals surface area (Å²) in [6.45, 7) is 4.32. The predicted molar refractivity (Wildman–Crippen MR) is 107 cm³/mol. The van der Waals surface area contributed by atoms with Gasteiger partial charge in [-0.2, -0.15) is 0 Å². The van der Waals surface area contributed by atoms with Crippen molar-refractivity contribution >= 4 is 28.6 Å². The minimum atomic E-state index is -0.305. The van der Waals surface area contributed by atoms with Gasteiger partial charge in [0.1, 0.15) is 5.76 Å². The van der Waals surface area contributed by atoms with Gasteiger partial charge in [0.15, 0.2) is 0 Å². The number of hydrogen-bond acceptors (Lipinski definition) is 2. The molecule has 1 aliphatic rings. The third-order valence-corrected chi connectivity index (χ3v) is 4.72. The van der Waals surface area contributed by atoms with E-state index in [0.717, 1.165) is 21.9 Å². The average Bonchev–Trinajstić information content (AvgIpc) is 3.03. The van der Waals surface area contributed by atoms with E-state index in [1.807, 2.05) is 48.6 Å². The number of ether oxygens (including phenoxy) is 1. The Hall–Kier alpha value is -3.13. The number of carbonyl (C=O) groups excluding carboxylic acids is 1. The number of fused-ring (bicyclic) bond motifs is 1. The first-order valence-electron chi connectivity index (χ1n) is 8.85. The topological polar surface area (TPSA) is 26.3 Å². The van der Waals surface area contributed by atoms with Crippen molar-refractivity contribution in [3.05, 3.63) is 95.1 Å². The van der Waals surface area contributed by atoms with Gasteiger partial charge in [-0.15, -0.1) is 0 Å².